The number of nitrogens with one attached hydrogen (secondary N) is 1. The molecule has 2 atom stereocenters. The number of hydrogen-bond acceptors (Lipinski definition) is 4. The highest BCUT2D eigenvalue weighted by Crippen LogP contribution is 2.27. The summed E-state index contributed by atoms with van der Waals surface area (Å²) in [6.07, 6.45) is 5.15. The first-order chi connectivity index (χ1) is 14.6. The van der Waals surface area contributed by atoms with Crippen LogP contribution < -0.4 is 5.32 Å². The Morgan fingerprint density at radius 1 is 1.33 bits per heavy atom. The standard InChI is InChI=1S/C22H31FN6O/c1-24-22(29-7-6-18(16-29)19-13-26-27(2)15-19)25-14-21(28-8-10-30-11-9-28)17-4-3-5-20(23)12-17/h3-5,12-13,15,18,21H,6-11,14,16H2,1-2H3,(H,24,25). The van der Waals surface area contributed by atoms with E-state index in [4.69, 9.17) is 4.74 Å². The third-order valence-corrected chi connectivity index (χ3v) is 6.07. The molecule has 2 fully saturated rings. The van der Waals surface area contributed by atoms with Gasteiger partial charge in [0, 0.05) is 58.9 Å². The average molecular weight is 415 g/mol. The van der Waals surface area contributed by atoms with Crippen LogP contribution in [0.25, 0.3) is 0 Å². The van der Waals surface area contributed by atoms with Crippen LogP contribution in [0, 0.1) is 5.82 Å². The van der Waals surface area contributed by atoms with Gasteiger partial charge in [0.25, 0.3) is 0 Å². The molecule has 30 heavy (non-hydrogen) atoms. The Morgan fingerprint density at radius 2 is 2.17 bits per heavy atom. The summed E-state index contributed by atoms with van der Waals surface area (Å²) in [4.78, 5) is 9.19. The molecule has 162 valence electrons. The first-order valence-corrected chi connectivity index (χ1v) is 10.7. The molecule has 0 saturated carbocycles. The van der Waals surface area contributed by atoms with Gasteiger partial charge in [-0.25, -0.2) is 4.39 Å². The van der Waals surface area contributed by atoms with Crippen LogP contribution >= 0.6 is 0 Å². The number of likely N-dealkylation sites (tertiary alicyclic amines) is 1. The Labute approximate surface area is 177 Å². The molecule has 0 aliphatic carbocycles. The molecule has 2 unspecified atom stereocenters. The van der Waals surface area contributed by atoms with Crippen molar-refractivity contribution in [3.8, 4) is 0 Å². The first kappa shape index (κ1) is 20.8. The van der Waals surface area contributed by atoms with Gasteiger partial charge < -0.3 is 15.0 Å². The zero-order valence-corrected chi connectivity index (χ0v) is 17.8. The normalized spacial score (nSPS) is 21.8. The van der Waals surface area contributed by atoms with E-state index in [1.807, 2.05) is 31.0 Å². The Kier molecular flexibility index (Phi) is 6.64. The van der Waals surface area contributed by atoms with Crippen LogP contribution in [0.2, 0.25) is 0 Å². The molecular formula is C22H31FN6O. The Hall–Kier alpha value is -2.45. The zero-order valence-electron chi connectivity index (χ0n) is 17.8. The Bertz CT molecular complexity index is 863. The summed E-state index contributed by atoms with van der Waals surface area (Å²) >= 11 is 0. The number of aryl methyl sites for hydroxylation is 1. The predicted molar refractivity (Wildman–Crippen MR) is 115 cm³/mol. The lowest BCUT2D eigenvalue weighted by Crippen LogP contribution is -2.47. The molecule has 2 aliphatic rings. The maximum atomic E-state index is 13.9. The molecule has 7 nitrogen and oxygen atoms in total. The number of morpholine rings is 1. The summed E-state index contributed by atoms with van der Waals surface area (Å²) in [7, 11) is 3.78. The summed E-state index contributed by atoms with van der Waals surface area (Å²) in [6, 6.07) is 6.99. The first-order valence-electron chi connectivity index (χ1n) is 10.7. The topological polar surface area (TPSA) is 57.9 Å². The second kappa shape index (κ2) is 9.57. The van der Waals surface area contributed by atoms with Crippen LogP contribution in [0.1, 0.15) is 29.5 Å². The van der Waals surface area contributed by atoms with E-state index < -0.39 is 0 Å². The molecule has 2 saturated heterocycles. The van der Waals surface area contributed by atoms with Gasteiger partial charge in [0.05, 0.1) is 25.5 Å². The molecule has 0 radical (unpaired) electrons. The van der Waals surface area contributed by atoms with E-state index in [9.17, 15) is 4.39 Å². The van der Waals surface area contributed by atoms with Gasteiger partial charge in [-0.15, -0.1) is 0 Å². The van der Waals surface area contributed by atoms with Gasteiger partial charge in [-0.05, 0) is 29.7 Å². The third-order valence-electron chi connectivity index (χ3n) is 6.07. The molecule has 0 bridgehead atoms. The molecule has 1 N–H and O–H groups in total. The molecule has 8 heteroatoms. The second-order valence-corrected chi connectivity index (χ2v) is 8.03. The van der Waals surface area contributed by atoms with E-state index >= 15 is 0 Å². The van der Waals surface area contributed by atoms with E-state index in [2.05, 4.69) is 31.4 Å². The monoisotopic (exact) mass is 414 g/mol. The van der Waals surface area contributed by atoms with Crippen molar-refractivity contribution >= 4 is 5.96 Å². The van der Waals surface area contributed by atoms with Crippen molar-refractivity contribution < 1.29 is 9.13 Å². The Balaban J connectivity index is 1.42. The van der Waals surface area contributed by atoms with E-state index in [-0.39, 0.29) is 11.9 Å². The molecule has 1 aromatic heterocycles. The van der Waals surface area contributed by atoms with E-state index in [1.165, 1.54) is 11.6 Å². The SMILES string of the molecule is CN=C(NCC(c1cccc(F)c1)N1CCOCC1)N1CCC(c2cnn(C)c2)C1. The van der Waals surface area contributed by atoms with Gasteiger partial charge in [0.15, 0.2) is 5.96 Å². The smallest absolute Gasteiger partial charge is 0.193 e. The largest absolute Gasteiger partial charge is 0.379 e. The summed E-state index contributed by atoms with van der Waals surface area (Å²) in [5.74, 6) is 1.17. The lowest BCUT2D eigenvalue weighted by Gasteiger charge is -2.35. The van der Waals surface area contributed by atoms with E-state index in [0.29, 0.717) is 25.7 Å². The fourth-order valence-corrected chi connectivity index (χ4v) is 4.46. The van der Waals surface area contributed by atoms with Gasteiger partial charge in [-0.1, -0.05) is 12.1 Å². The van der Waals surface area contributed by atoms with Crippen molar-refractivity contribution in [3.05, 3.63) is 53.6 Å². The summed E-state index contributed by atoms with van der Waals surface area (Å²) < 4.78 is 21.3. The second-order valence-electron chi connectivity index (χ2n) is 8.03. The van der Waals surface area contributed by atoms with Crippen LogP contribution in [-0.2, 0) is 11.8 Å². The number of benzene rings is 1. The molecular weight excluding hydrogens is 383 g/mol. The number of aliphatic imine (C=N–C) groups is 1. The zero-order chi connectivity index (χ0) is 20.9. The maximum absolute atomic E-state index is 13.9. The van der Waals surface area contributed by atoms with Crippen LogP contribution in [0.15, 0.2) is 41.7 Å². The summed E-state index contributed by atoms with van der Waals surface area (Å²) in [6.45, 7) is 5.65. The van der Waals surface area contributed by atoms with Gasteiger partial charge in [0.1, 0.15) is 5.82 Å². The number of aromatic nitrogens is 2. The fraction of sp³-hybridized carbons (Fsp3) is 0.545. The van der Waals surface area contributed by atoms with Crippen molar-refractivity contribution in [2.45, 2.75) is 18.4 Å². The average Bonchev–Trinajstić information content (AvgIpc) is 3.41. The van der Waals surface area contributed by atoms with Crippen molar-refractivity contribution in [1.29, 1.82) is 0 Å². The fourth-order valence-electron chi connectivity index (χ4n) is 4.46. The molecule has 4 rings (SSSR count). The molecule has 2 aliphatic heterocycles. The molecule has 2 aromatic rings. The van der Waals surface area contributed by atoms with Crippen LogP contribution in [0.5, 0.6) is 0 Å². The molecule has 0 amide bonds. The van der Waals surface area contributed by atoms with Gasteiger partial charge in [-0.2, -0.15) is 5.10 Å². The summed E-state index contributed by atoms with van der Waals surface area (Å²) in [5.41, 5.74) is 2.26. The highest BCUT2D eigenvalue weighted by Gasteiger charge is 2.28. The molecule has 3 heterocycles. The summed E-state index contributed by atoms with van der Waals surface area (Å²) in [5, 5.41) is 7.86. The van der Waals surface area contributed by atoms with Gasteiger partial charge >= 0.3 is 0 Å². The lowest BCUT2D eigenvalue weighted by molar-refractivity contribution is 0.0168. The minimum absolute atomic E-state index is 0.0677. The molecule has 1 aromatic carbocycles. The third kappa shape index (κ3) is 4.82. The number of ether oxygens (including phenoxy) is 1. The van der Waals surface area contributed by atoms with Crippen LogP contribution in [0.3, 0.4) is 0 Å². The van der Waals surface area contributed by atoms with Crippen molar-refractivity contribution in [2.75, 3.05) is 53.0 Å². The van der Waals surface area contributed by atoms with Crippen molar-refractivity contribution in [1.82, 2.24) is 24.9 Å². The van der Waals surface area contributed by atoms with Gasteiger partial charge in [-0.3, -0.25) is 14.6 Å². The number of halogens is 1. The van der Waals surface area contributed by atoms with Crippen molar-refractivity contribution in [2.24, 2.45) is 12.0 Å². The number of nitrogens with zero attached hydrogens (tertiary/aromatic N) is 5. The van der Waals surface area contributed by atoms with Gasteiger partial charge in [0.2, 0.25) is 0 Å². The van der Waals surface area contributed by atoms with E-state index in [0.717, 1.165) is 44.1 Å². The number of hydrogen-bond donors (Lipinski definition) is 1. The lowest BCUT2D eigenvalue weighted by atomic mass is 10.0. The number of rotatable bonds is 5. The van der Waals surface area contributed by atoms with Crippen LogP contribution in [0.4, 0.5) is 4.39 Å². The quantitative estimate of drug-likeness (QED) is 0.599. The molecule has 0 spiro atoms. The minimum Gasteiger partial charge on any atom is -0.379 e. The van der Waals surface area contributed by atoms with Crippen LogP contribution in [-0.4, -0.2) is 78.5 Å². The Morgan fingerprint density at radius 3 is 2.87 bits per heavy atom. The highest BCUT2D eigenvalue weighted by molar-refractivity contribution is 5.80. The maximum Gasteiger partial charge on any atom is 0.193 e. The predicted octanol–water partition coefficient (Wildman–Crippen LogP) is 2.00. The van der Waals surface area contributed by atoms with Crippen molar-refractivity contribution in [3.63, 3.8) is 0 Å². The van der Waals surface area contributed by atoms with E-state index in [1.54, 1.807) is 12.1 Å². The minimum atomic E-state index is -0.200. The highest BCUT2D eigenvalue weighted by atomic mass is 19.1. The number of guanidine groups is 1.